The van der Waals surface area contributed by atoms with Crippen LogP contribution in [0.2, 0.25) is 0 Å². The van der Waals surface area contributed by atoms with E-state index in [4.69, 9.17) is 4.84 Å². The second-order valence-corrected chi connectivity index (χ2v) is 8.32. The fourth-order valence-corrected chi connectivity index (χ4v) is 3.67. The number of para-hydroxylation sites is 1. The number of hydroxylamine groups is 1. The van der Waals surface area contributed by atoms with Gasteiger partial charge in [-0.3, -0.25) is 15.0 Å². The van der Waals surface area contributed by atoms with E-state index in [1.54, 1.807) is 12.1 Å². The molecule has 2 atom stereocenters. The summed E-state index contributed by atoms with van der Waals surface area (Å²) in [5, 5.41) is 4.48. The van der Waals surface area contributed by atoms with Crippen molar-refractivity contribution in [2.75, 3.05) is 0 Å². The molecule has 0 saturated carbocycles. The third-order valence-corrected chi connectivity index (χ3v) is 5.46. The topological polar surface area (TPSA) is 70.7 Å². The van der Waals surface area contributed by atoms with Gasteiger partial charge in [0.2, 0.25) is 11.8 Å². The summed E-state index contributed by atoms with van der Waals surface area (Å²) in [7, 11) is 0. The van der Waals surface area contributed by atoms with Crippen LogP contribution in [0.25, 0.3) is 0 Å². The fourth-order valence-electron chi connectivity index (χ4n) is 3.67. The molecule has 3 rings (SSSR count). The molecule has 0 aromatic heterocycles. The number of nitrogens with one attached hydrogen (secondary N) is 2. The number of hydrogen-bond acceptors (Lipinski definition) is 4. The van der Waals surface area contributed by atoms with Crippen LogP contribution in [0.4, 0.5) is 0 Å². The molecule has 0 radical (unpaired) electrons. The summed E-state index contributed by atoms with van der Waals surface area (Å²) in [6.07, 6.45) is 2.22. The predicted molar refractivity (Wildman–Crippen MR) is 134 cm³/mol. The van der Waals surface area contributed by atoms with E-state index in [1.807, 2.05) is 79.7 Å². The molecule has 34 heavy (non-hydrogen) atoms. The number of amides is 2. The predicted octanol–water partition coefficient (Wildman–Crippen LogP) is 5.11. The van der Waals surface area contributed by atoms with Crippen LogP contribution in [0.15, 0.2) is 84.9 Å². The molecule has 178 valence electrons. The molecular weight excluding hydrogens is 426 g/mol. The van der Waals surface area contributed by atoms with Gasteiger partial charge in [0.15, 0.2) is 0 Å². The van der Waals surface area contributed by atoms with E-state index < -0.39 is 6.04 Å². The molecule has 0 aliphatic heterocycles. The van der Waals surface area contributed by atoms with Gasteiger partial charge in [0.05, 0.1) is 6.04 Å². The minimum atomic E-state index is -0.722. The van der Waals surface area contributed by atoms with Crippen molar-refractivity contribution < 1.29 is 14.4 Å². The Morgan fingerprint density at radius 1 is 0.882 bits per heavy atom. The molecule has 0 spiro atoms. The number of aryl methyl sites for hydroxylation is 1. The van der Waals surface area contributed by atoms with Gasteiger partial charge in [0.1, 0.15) is 11.8 Å². The smallest absolute Gasteiger partial charge is 0.243 e. The van der Waals surface area contributed by atoms with E-state index in [9.17, 15) is 9.59 Å². The van der Waals surface area contributed by atoms with Gasteiger partial charge in [0.25, 0.3) is 0 Å². The molecular formula is C28H33N3O3. The molecule has 0 fully saturated rings. The quantitative estimate of drug-likeness (QED) is 0.391. The zero-order valence-electron chi connectivity index (χ0n) is 20.0. The maximum atomic E-state index is 13.7. The van der Waals surface area contributed by atoms with Crippen molar-refractivity contribution in [3.05, 3.63) is 102 Å². The Morgan fingerprint density at radius 3 is 2.06 bits per heavy atom. The number of carbonyl (C=O) groups excluding carboxylic acids is 2. The summed E-state index contributed by atoms with van der Waals surface area (Å²) in [6, 6.07) is 26.0. The summed E-state index contributed by atoms with van der Waals surface area (Å²) in [6.45, 7) is 5.50. The minimum absolute atomic E-state index is 0.229. The number of rotatable bonds is 11. The molecule has 1 unspecified atom stereocenters. The number of unbranched alkanes of at least 4 members (excludes halogenated alkanes) is 1. The maximum absolute atomic E-state index is 13.7. The maximum Gasteiger partial charge on any atom is 0.243 e. The van der Waals surface area contributed by atoms with Crippen LogP contribution in [0.5, 0.6) is 5.75 Å². The lowest BCUT2D eigenvalue weighted by Crippen LogP contribution is -2.56. The van der Waals surface area contributed by atoms with Crippen LogP contribution >= 0.6 is 0 Å². The first kappa shape index (κ1) is 25.0. The summed E-state index contributed by atoms with van der Waals surface area (Å²) >= 11 is 0. The zero-order chi connectivity index (χ0) is 24.3. The lowest BCUT2D eigenvalue weighted by Gasteiger charge is -2.31. The molecule has 0 bridgehead atoms. The minimum Gasteiger partial charge on any atom is -0.386 e. The van der Waals surface area contributed by atoms with Crippen molar-refractivity contribution in [3.8, 4) is 5.75 Å². The monoisotopic (exact) mass is 459 g/mol. The Morgan fingerprint density at radius 2 is 1.47 bits per heavy atom. The van der Waals surface area contributed by atoms with Crippen LogP contribution in [-0.4, -0.2) is 23.0 Å². The van der Waals surface area contributed by atoms with E-state index in [1.165, 1.54) is 12.1 Å². The summed E-state index contributed by atoms with van der Waals surface area (Å²) in [5.41, 5.74) is 5.80. The van der Waals surface area contributed by atoms with Gasteiger partial charge in [-0.1, -0.05) is 98.1 Å². The molecule has 2 amide bonds. The number of hydrazine groups is 1. The fraction of sp³-hybridized carbons (Fsp3) is 0.286. The highest BCUT2D eigenvalue weighted by atomic mass is 16.7. The van der Waals surface area contributed by atoms with Gasteiger partial charge < -0.3 is 10.2 Å². The van der Waals surface area contributed by atoms with E-state index in [0.717, 1.165) is 29.5 Å². The lowest BCUT2D eigenvalue weighted by atomic mass is 9.97. The molecule has 6 nitrogen and oxygen atoms in total. The molecule has 2 N–H and O–H groups in total. The highest BCUT2D eigenvalue weighted by molar-refractivity contribution is 5.83. The van der Waals surface area contributed by atoms with Crippen molar-refractivity contribution in [1.82, 2.24) is 15.9 Å². The second-order valence-electron chi connectivity index (χ2n) is 8.32. The number of carbonyl (C=O) groups is 2. The van der Waals surface area contributed by atoms with Crippen LogP contribution in [0, 0.1) is 6.92 Å². The van der Waals surface area contributed by atoms with E-state index in [2.05, 4.69) is 17.7 Å². The van der Waals surface area contributed by atoms with E-state index in [0.29, 0.717) is 12.2 Å². The Hall–Kier alpha value is -3.64. The third-order valence-electron chi connectivity index (χ3n) is 5.46. The summed E-state index contributed by atoms with van der Waals surface area (Å²) in [4.78, 5) is 31.6. The molecule has 3 aromatic rings. The third kappa shape index (κ3) is 7.18. The van der Waals surface area contributed by atoms with Crippen LogP contribution in [0.1, 0.15) is 55.8 Å². The van der Waals surface area contributed by atoms with Crippen LogP contribution < -0.4 is 15.6 Å². The number of hydrogen-bond donors (Lipinski definition) is 2. The SMILES string of the molecule is CCCC[C@@H](C(=O)NC(c1ccccc1)c1ccc(C)cc1)N(NC(C)=O)Oc1ccccc1. The summed E-state index contributed by atoms with van der Waals surface area (Å²) < 4.78 is 0. The molecule has 0 aliphatic rings. The van der Waals surface area contributed by atoms with Gasteiger partial charge in [-0.05, 0) is 41.8 Å². The Balaban J connectivity index is 1.91. The second kappa shape index (κ2) is 12.6. The average molecular weight is 460 g/mol. The van der Waals surface area contributed by atoms with E-state index in [-0.39, 0.29) is 17.9 Å². The van der Waals surface area contributed by atoms with E-state index >= 15 is 0 Å². The van der Waals surface area contributed by atoms with Crippen LogP contribution in [-0.2, 0) is 9.59 Å². The Labute approximate surface area is 201 Å². The highest BCUT2D eigenvalue weighted by Gasteiger charge is 2.31. The Kier molecular flexibility index (Phi) is 9.23. The first-order valence-electron chi connectivity index (χ1n) is 11.7. The van der Waals surface area contributed by atoms with Gasteiger partial charge in [-0.15, -0.1) is 0 Å². The molecule has 0 saturated heterocycles. The van der Waals surface area contributed by atoms with Crippen molar-refractivity contribution in [2.24, 2.45) is 0 Å². The standard InChI is InChI=1S/C28H33N3O3/c1-4-5-16-26(31(30-22(3)32)34-25-14-10-7-11-15-25)28(33)29-27(23-12-8-6-9-13-23)24-19-17-21(2)18-20-24/h6-15,17-20,26-27H,4-5,16H2,1-3H3,(H,29,33)(H,30,32)/t26-,27?/m0/s1. The largest absolute Gasteiger partial charge is 0.386 e. The van der Waals surface area contributed by atoms with Gasteiger partial charge >= 0.3 is 0 Å². The molecule has 0 aliphatic carbocycles. The molecule has 3 aromatic carbocycles. The number of benzene rings is 3. The number of nitrogens with zero attached hydrogens (tertiary/aromatic N) is 1. The van der Waals surface area contributed by atoms with Crippen LogP contribution in [0.3, 0.4) is 0 Å². The zero-order valence-corrected chi connectivity index (χ0v) is 20.0. The normalized spacial score (nSPS) is 12.6. The summed E-state index contributed by atoms with van der Waals surface area (Å²) in [5.74, 6) is -0.0142. The molecule has 6 heteroatoms. The first-order valence-corrected chi connectivity index (χ1v) is 11.7. The van der Waals surface area contributed by atoms with Crippen molar-refractivity contribution in [2.45, 2.75) is 52.1 Å². The average Bonchev–Trinajstić information content (AvgIpc) is 2.84. The molecule has 0 heterocycles. The lowest BCUT2D eigenvalue weighted by molar-refractivity contribution is -0.170. The first-order chi connectivity index (χ1) is 16.5. The Bertz CT molecular complexity index is 1040. The van der Waals surface area contributed by atoms with Gasteiger partial charge in [0, 0.05) is 6.92 Å². The van der Waals surface area contributed by atoms with Crippen molar-refractivity contribution >= 4 is 11.8 Å². The van der Waals surface area contributed by atoms with Gasteiger partial charge in [-0.2, -0.15) is 0 Å². The highest BCUT2D eigenvalue weighted by Crippen LogP contribution is 2.24. The van der Waals surface area contributed by atoms with Gasteiger partial charge in [-0.25, -0.2) is 0 Å². The van der Waals surface area contributed by atoms with Crippen molar-refractivity contribution in [1.29, 1.82) is 0 Å². The van der Waals surface area contributed by atoms with Crippen molar-refractivity contribution in [3.63, 3.8) is 0 Å².